The fourth-order valence-electron chi connectivity index (χ4n) is 2.77. The number of hydrogen-bond acceptors (Lipinski definition) is 6. The van der Waals surface area contributed by atoms with E-state index >= 15 is 0 Å². The molecule has 0 saturated carbocycles. The third-order valence-electron chi connectivity index (χ3n) is 4.42. The molecule has 0 fully saturated rings. The monoisotopic (exact) mass is 388 g/mol. The lowest BCUT2D eigenvalue weighted by molar-refractivity contribution is 0.539. The molecular formula is C18H24N6O2S. The predicted octanol–water partition coefficient (Wildman–Crippen LogP) is 1.83. The zero-order valence-electron chi connectivity index (χ0n) is 16.5. The van der Waals surface area contributed by atoms with Crippen molar-refractivity contribution in [2.45, 2.75) is 50.4 Å². The molecule has 0 aliphatic heterocycles. The van der Waals surface area contributed by atoms with E-state index < -0.39 is 5.69 Å². The van der Waals surface area contributed by atoms with Crippen LogP contribution < -0.4 is 11.2 Å². The van der Waals surface area contributed by atoms with Crippen molar-refractivity contribution < 1.29 is 0 Å². The molecule has 0 aliphatic rings. The average Bonchev–Trinajstić information content (AvgIpc) is 3.08. The SMILES string of the molecule is CCn1ccnc1CSc1nc(C(C)(C)C)nc2c1c(=O)n(C)c(=O)n2C. The van der Waals surface area contributed by atoms with Crippen molar-refractivity contribution in [3.63, 3.8) is 0 Å². The van der Waals surface area contributed by atoms with Gasteiger partial charge in [0.15, 0.2) is 5.65 Å². The smallest absolute Gasteiger partial charge is 0.332 e. The number of aromatic nitrogens is 6. The van der Waals surface area contributed by atoms with Gasteiger partial charge in [-0.2, -0.15) is 0 Å². The maximum absolute atomic E-state index is 12.8. The molecule has 3 aromatic heterocycles. The zero-order chi connectivity index (χ0) is 19.9. The highest BCUT2D eigenvalue weighted by Crippen LogP contribution is 2.28. The fraction of sp³-hybridized carbons (Fsp3) is 0.500. The maximum atomic E-state index is 12.8. The molecule has 0 aliphatic carbocycles. The number of fused-ring (bicyclic) bond motifs is 1. The number of rotatable bonds is 4. The first-order valence-electron chi connectivity index (χ1n) is 8.76. The summed E-state index contributed by atoms with van der Waals surface area (Å²) in [7, 11) is 3.10. The van der Waals surface area contributed by atoms with Crippen LogP contribution in [-0.4, -0.2) is 28.7 Å². The van der Waals surface area contributed by atoms with Crippen LogP contribution in [0.25, 0.3) is 11.0 Å². The molecule has 0 aromatic carbocycles. The second-order valence-corrected chi connectivity index (χ2v) is 8.39. The third-order valence-corrected chi connectivity index (χ3v) is 5.39. The number of nitrogens with zero attached hydrogens (tertiary/aromatic N) is 6. The Hall–Kier alpha value is -2.42. The summed E-state index contributed by atoms with van der Waals surface area (Å²) >= 11 is 1.44. The summed E-state index contributed by atoms with van der Waals surface area (Å²) in [5, 5.41) is 0.944. The van der Waals surface area contributed by atoms with Gasteiger partial charge in [0, 0.05) is 38.4 Å². The van der Waals surface area contributed by atoms with Crippen LogP contribution in [0.2, 0.25) is 0 Å². The van der Waals surface area contributed by atoms with Crippen LogP contribution in [0.15, 0.2) is 27.0 Å². The van der Waals surface area contributed by atoms with E-state index in [1.807, 2.05) is 27.0 Å². The van der Waals surface area contributed by atoms with E-state index in [-0.39, 0.29) is 11.0 Å². The van der Waals surface area contributed by atoms with Gasteiger partial charge >= 0.3 is 5.69 Å². The molecular weight excluding hydrogens is 364 g/mol. The van der Waals surface area contributed by atoms with Gasteiger partial charge in [0.2, 0.25) is 0 Å². The molecule has 0 unspecified atom stereocenters. The van der Waals surface area contributed by atoms with Crippen molar-refractivity contribution in [2.75, 3.05) is 0 Å². The van der Waals surface area contributed by atoms with Crippen molar-refractivity contribution >= 4 is 22.8 Å². The minimum Gasteiger partial charge on any atom is -0.335 e. The molecule has 3 heterocycles. The number of aryl methyl sites for hydroxylation is 2. The Labute approximate surface area is 161 Å². The van der Waals surface area contributed by atoms with E-state index in [4.69, 9.17) is 0 Å². The average molecular weight is 388 g/mol. The maximum Gasteiger partial charge on any atom is 0.332 e. The van der Waals surface area contributed by atoms with E-state index in [0.717, 1.165) is 16.9 Å². The van der Waals surface area contributed by atoms with Crippen LogP contribution in [0, 0.1) is 0 Å². The van der Waals surface area contributed by atoms with Gasteiger partial charge in [-0.05, 0) is 6.92 Å². The second kappa shape index (κ2) is 6.95. The van der Waals surface area contributed by atoms with E-state index in [9.17, 15) is 9.59 Å². The number of imidazole rings is 1. The van der Waals surface area contributed by atoms with Crippen molar-refractivity contribution in [3.05, 3.63) is 44.9 Å². The zero-order valence-corrected chi connectivity index (χ0v) is 17.3. The summed E-state index contributed by atoms with van der Waals surface area (Å²) in [6.07, 6.45) is 3.69. The van der Waals surface area contributed by atoms with Crippen LogP contribution in [-0.2, 0) is 31.8 Å². The Morgan fingerprint density at radius 1 is 1.11 bits per heavy atom. The molecule has 0 radical (unpaired) electrons. The molecule has 0 spiro atoms. The quantitative estimate of drug-likeness (QED) is 0.501. The Bertz CT molecular complexity index is 1120. The second-order valence-electron chi connectivity index (χ2n) is 7.42. The molecule has 9 heteroatoms. The molecule has 3 rings (SSSR count). The van der Waals surface area contributed by atoms with Gasteiger partial charge in [-0.15, -0.1) is 0 Å². The third kappa shape index (κ3) is 3.43. The first-order chi connectivity index (χ1) is 12.6. The molecule has 0 atom stereocenters. The van der Waals surface area contributed by atoms with Crippen molar-refractivity contribution in [3.8, 4) is 0 Å². The molecule has 0 bridgehead atoms. The van der Waals surface area contributed by atoms with E-state index in [0.29, 0.717) is 27.6 Å². The minimum atomic E-state index is -0.400. The topological polar surface area (TPSA) is 87.6 Å². The summed E-state index contributed by atoms with van der Waals surface area (Å²) in [6.45, 7) is 8.89. The van der Waals surface area contributed by atoms with Crippen molar-refractivity contribution in [1.29, 1.82) is 0 Å². The number of thioether (sulfide) groups is 1. The lowest BCUT2D eigenvalue weighted by Gasteiger charge is -2.19. The van der Waals surface area contributed by atoms with Gasteiger partial charge in [-0.25, -0.2) is 19.7 Å². The lowest BCUT2D eigenvalue weighted by atomic mass is 9.96. The summed E-state index contributed by atoms with van der Waals surface area (Å²) in [6, 6.07) is 0. The van der Waals surface area contributed by atoms with E-state index in [1.54, 1.807) is 13.2 Å². The Balaban J connectivity index is 2.23. The number of hydrogen-bond donors (Lipinski definition) is 0. The minimum absolute atomic E-state index is 0.317. The molecule has 8 nitrogen and oxygen atoms in total. The Morgan fingerprint density at radius 3 is 2.44 bits per heavy atom. The standard InChI is InChI=1S/C18H24N6O2S/c1-7-24-9-8-19-11(24)10-27-14-12-13(20-16(21-14)18(2,3)4)22(5)17(26)23(6)15(12)25/h8-9H,7,10H2,1-6H3. The molecule has 27 heavy (non-hydrogen) atoms. The molecule has 0 saturated heterocycles. The van der Waals surface area contributed by atoms with Crippen molar-refractivity contribution in [2.24, 2.45) is 14.1 Å². The Morgan fingerprint density at radius 2 is 1.81 bits per heavy atom. The summed E-state index contributed by atoms with van der Waals surface area (Å²) < 4.78 is 4.55. The first kappa shape index (κ1) is 19.3. The van der Waals surface area contributed by atoms with Crippen LogP contribution in [0.3, 0.4) is 0 Å². The van der Waals surface area contributed by atoms with Crippen LogP contribution in [0.4, 0.5) is 0 Å². The van der Waals surface area contributed by atoms with Gasteiger partial charge in [0.05, 0.1) is 5.75 Å². The highest BCUT2D eigenvalue weighted by Gasteiger charge is 2.23. The van der Waals surface area contributed by atoms with Crippen LogP contribution >= 0.6 is 11.8 Å². The first-order valence-corrected chi connectivity index (χ1v) is 9.74. The fourth-order valence-corrected chi connectivity index (χ4v) is 3.75. The van der Waals surface area contributed by atoms with Crippen molar-refractivity contribution in [1.82, 2.24) is 28.7 Å². The largest absolute Gasteiger partial charge is 0.335 e. The molecule has 3 aromatic rings. The Kier molecular flexibility index (Phi) is 4.98. The molecule has 0 N–H and O–H groups in total. The summed E-state index contributed by atoms with van der Waals surface area (Å²) in [4.78, 5) is 38.8. The van der Waals surface area contributed by atoms with Crippen LogP contribution in [0.1, 0.15) is 39.3 Å². The summed E-state index contributed by atoms with van der Waals surface area (Å²) in [5.74, 6) is 2.08. The molecule has 144 valence electrons. The highest BCUT2D eigenvalue weighted by atomic mass is 32.2. The molecule has 0 amide bonds. The van der Waals surface area contributed by atoms with Gasteiger partial charge in [0.25, 0.3) is 5.56 Å². The van der Waals surface area contributed by atoms with Gasteiger partial charge < -0.3 is 4.57 Å². The van der Waals surface area contributed by atoms with Crippen LogP contribution in [0.5, 0.6) is 0 Å². The van der Waals surface area contributed by atoms with Gasteiger partial charge in [-0.1, -0.05) is 32.5 Å². The normalized spacial score (nSPS) is 12.1. The highest BCUT2D eigenvalue weighted by molar-refractivity contribution is 7.98. The van der Waals surface area contributed by atoms with E-state index in [2.05, 4.69) is 26.4 Å². The van der Waals surface area contributed by atoms with E-state index in [1.165, 1.54) is 23.4 Å². The lowest BCUT2D eigenvalue weighted by Crippen LogP contribution is -2.38. The summed E-state index contributed by atoms with van der Waals surface area (Å²) in [5.41, 5.74) is -0.731. The van der Waals surface area contributed by atoms with Gasteiger partial charge in [-0.3, -0.25) is 13.9 Å². The van der Waals surface area contributed by atoms with Gasteiger partial charge in [0.1, 0.15) is 22.1 Å². The predicted molar refractivity (Wildman–Crippen MR) is 106 cm³/mol.